The van der Waals surface area contributed by atoms with Crippen LogP contribution >= 0.6 is 0 Å². The molecule has 0 saturated carbocycles. The first-order valence-corrected chi connectivity index (χ1v) is 8.42. The van der Waals surface area contributed by atoms with Gasteiger partial charge >= 0.3 is 0 Å². The van der Waals surface area contributed by atoms with E-state index in [-0.39, 0.29) is 11.8 Å². The van der Waals surface area contributed by atoms with Crippen molar-refractivity contribution >= 4 is 17.5 Å². The summed E-state index contributed by atoms with van der Waals surface area (Å²) in [6.45, 7) is 4.91. The highest BCUT2D eigenvalue weighted by Crippen LogP contribution is 2.18. The molecular weight excluding hydrogens is 316 g/mol. The second-order valence-electron chi connectivity index (χ2n) is 6.13. The molecule has 1 aliphatic heterocycles. The predicted octanol–water partition coefficient (Wildman–Crippen LogP) is 2.30. The van der Waals surface area contributed by atoms with Crippen LogP contribution in [-0.4, -0.2) is 28.6 Å². The third-order valence-electron chi connectivity index (χ3n) is 4.53. The van der Waals surface area contributed by atoms with E-state index in [1.165, 1.54) is 23.1 Å². The van der Waals surface area contributed by atoms with Gasteiger partial charge in [0.15, 0.2) is 0 Å². The van der Waals surface area contributed by atoms with Crippen molar-refractivity contribution in [2.24, 2.45) is 0 Å². The summed E-state index contributed by atoms with van der Waals surface area (Å²) < 4.78 is 2.03. The third kappa shape index (κ3) is 3.63. The number of aromatic nitrogens is 2. The quantitative estimate of drug-likeness (QED) is 0.851. The number of hydrogen-bond acceptors (Lipinski definition) is 3. The Hall–Kier alpha value is -2.89. The van der Waals surface area contributed by atoms with E-state index < -0.39 is 0 Å². The fourth-order valence-electron chi connectivity index (χ4n) is 3.01. The fourth-order valence-corrected chi connectivity index (χ4v) is 3.01. The van der Waals surface area contributed by atoms with Crippen LogP contribution in [-0.2, 0) is 24.3 Å². The Morgan fingerprint density at radius 3 is 2.80 bits per heavy atom. The van der Waals surface area contributed by atoms with Crippen LogP contribution in [0.25, 0.3) is 0 Å². The monoisotopic (exact) mass is 338 g/mol. The van der Waals surface area contributed by atoms with Gasteiger partial charge in [-0.15, -0.1) is 0 Å². The van der Waals surface area contributed by atoms with E-state index in [1.807, 2.05) is 10.9 Å². The number of aryl methyl sites for hydroxylation is 1. The van der Waals surface area contributed by atoms with E-state index in [0.29, 0.717) is 17.8 Å². The van der Waals surface area contributed by atoms with Gasteiger partial charge < -0.3 is 10.2 Å². The van der Waals surface area contributed by atoms with Crippen LogP contribution in [0.15, 0.2) is 43.1 Å². The van der Waals surface area contributed by atoms with Crippen molar-refractivity contribution in [3.05, 3.63) is 59.9 Å². The summed E-state index contributed by atoms with van der Waals surface area (Å²) in [5, 5.41) is 7.33. The molecule has 0 saturated heterocycles. The fraction of sp³-hybridized carbons (Fsp3) is 0.316. The van der Waals surface area contributed by atoms with Crippen LogP contribution in [0.2, 0.25) is 0 Å². The summed E-state index contributed by atoms with van der Waals surface area (Å²) in [7, 11) is 1.67. The Morgan fingerprint density at radius 2 is 2.08 bits per heavy atom. The Labute approximate surface area is 147 Å². The first kappa shape index (κ1) is 17.0. The van der Waals surface area contributed by atoms with Gasteiger partial charge in [-0.1, -0.05) is 6.58 Å². The molecule has 25 heavy (non-hydrogen) atoms. The van der Waals surface area contributed by atoms with Crippen molar-refractivity contribution in [2.75, 3.05) is 11.9 Å². The van der Waals surface area contributed by atoms with E-state index in [2.05, 4.69) is 17.0 Å². The Morgan fingerprint density at radius 1 is 1.32 bits per heavy atom. The summed E-state index contributed by atoms with van der Waals surface area (Å²) >= 11 is 0. The average molecular weight is 338 g/mol. The number of fused-ring (bicyclic) bond motifs is 1. The number of nitrogens with zero attached hydrogens (tertiary/aromatic N) is 3. The van der Waals surface area contributed by atoms with Crippen LogP contribution in [0.5, 0.6) is 0 Å². The molecule has 1 aliphatic rings. The van der Waals surface area contributed by atoms with Crippen LogP contribution in [0.1, 0.15) is 34.5 Å². The van der Waals surface area contributed by atoms with Crippen LogP contribution < -0.4 is 10.2 Å². The highest BCUT2D eigenvalue weighted by molar-refractivity contribution is 6.01. The highest BCUT2D eigenvalue weighted by atomic mass is 16.2. The zero-order chi connectivity index (χ0) is 17.8. The van der Waals surface area contributed by atoms with Gasteiger partial charge in [0.1, 0.15) is 0 Å². The number of amides is 2. The van der Waals surface area contributed by atoms with Gasteiger partial charge in [0, 0.05) is 42.6 Å². The number of benzene rings is 1. The lowest BCUT2D eigenvalue weighted by atomic mass is 10.1. The summed E-state index contributed by atoms with van der Waals surface area (Å²) in [5.41, 5.74) is 3.59. The molecule has 1 N–H and O–H groups in total. The number of rotatable bonds is 5. The van der Waals surface area contributed by atoms with E-state index >= 15 is 0 Å². The molecule has 1 aromatic heterocycles. The lowest BCUT2D eigenvalue weighted by Crippen LogP contribution is -2.25. The number of carbonyl (C=O) groups is 2. The topological polar surface area (TPSA) is 67.2 Å². The second kappa shape index (κ2) is 7.34. The normalized spacial score (nSPS) is 13.0. The van der Waals surface area contributed by atoms with Crippen molar-refractivity contribution in [2.45, 2.75) is 32.4 Å². The lowest BCUT2D eigenvalue weighted by molar-refractivity contribution is -0.113. The van der Waals surface area contributed by atoms with Crippen molar-refractivity contribution < 1.29 is 9.59 Å². The first-order valence-electron chi connectivity index (χ1n) is 8.42. The largest absolute Gasteiger partial charge is 0.348 e. The zero-order valence-electron chi connectivity index (χ0n) is 14.4. The van der Waals surface area contributed by atoms with Crippen LogP contribution in [0, 0.1) is 0 Å². The summed E-state index contributed by atoms with van der Waals surface area (Å²) in [6, 6.07) is 6.92. The molecule has 2 aromatic rings. The molecule has 0 radical (unpaired) electrons. The maximum atomic E-state index is 12.3. The minimum atomic E-state index is -0.191. The van der Waals surface area contributed by atoms with E-state index in [1.54, 1.807) is 31.3 Å². The molecule has 6 nitrogen and oxygen atoms in total. The standard InChI is InChI=1S/C19H22N4O2/c1-3-18(24)22(2)16-9-7-14(8-10-16)19(25)20-12-15-13-21-23-11-5-4-6-17(15)23/h3,7-10,13H,1,4-6,11-12H2,2H3,(H,20,25). The number of carbonyl (C=O) groups excluding carboxylic acids is 2. The predicted molar refractivity (Wildman–Crippen MR) is 96.4 cm³/mol. The van der Waals surface area contributed by atoms with Crippen molar-refractivity contribution in [3.8, 4) is 0 Å². The highest BCUT2D eigenvalue weighted by Gasteiger charge is 2.15. The first-order chi connectivity index (χ1) is 12.1. The minimum Gasteiger partial charge on any atom is -0.348 e. The minimum absolute atomic E-state index is 0.139. The smallest absolute Gasteiger partial charge is 0.251 e. The number of anilines is 1. The lowest BCUT2D eigenvalue weighted by Gasteiger charge is -2.16. The molecule has 0 aliphatic carbocycles. The molecule has 0 fully saturated rings. The van der Waals surface area contributed by atoms with Crippen molar-refractivity contribution in [1.29, 1.82) is 0 Å². The number of hydrogen-bond donors (Lipinski definition) is 1. The average Bonchev–Trinajstić information content (AvgIpc) is 3.08. The molecule has 0 atom stereocenters. The maximum absolute atomic E-state index is 12.3. The van der Waals surface area contributed by atoms with E-state index in [4.69, 9.17) is 0 Å². The van der Waals surface area contributed by atoms with Gasteiger partial charge in [-0.25, -0.2) is 0 Å². The molecule has 130 valence electrons. The Balaban J connectivity index is 1.63. The Bertz CT molecular complexity index is 792. The summed E-state index contributed by atoms with van der Waals surface area (Å²) in [6.07, 6.45) is 6.46. The molecule has 0 spiro atoms. The second-order valence-corrected chi connectivity index (χ2v) is 6.13. The summed E-state index contributed by atoms with van der Waals surface area (Å²) in [4.78, 5) is 25.4. The third-order valence-corrected chi connectivity index (χ3v) is 4.53. The van der Waals surface area contributed by atoms with Gasteiger partial charge in [0.05, 0.1) is 6.20 Å². The molecule has 2 heterocycles. The van der Waals surface area contributed by atoms with Gasteiger partial charge in [-0.2, -0.15) is 5.10 Å². The Kier molecular flexibility index (Phi) is 4.97. The van der Waals surface area contributed by atoms with Gasteiger partial charge in [-0.05, 0) is 49.6 Å². The molecule has 6 heteroatoms. The SMILES string of the molecule is C=CC(=O)N(C)c1ccc(C(=O)NCc2cnn3c2CCCC3)cc1. The van der Waals surface area contributed by atoms with Gasteiger partial charge in [0.2, 0.25) is 5.91 Å². The summed E-state index contributed by atoms with van der Waals surface area (Å²) in [5.74, 6) is -0.330. The van der Waals surface area contributed by atoms with Crippen LogP contribution in [0.3, 0.4) is 0 Å². The molecule has 2 amide bonds. The molecule has 0 bridgehead atoms. The van der Waals surface area contributed by atoms with Gasteiger partial charge in [-0.3, -0.25) is 14.3 Å². The van der Waals surface area contributed by atoms with Crippen molar-refractivity contribution in [1.82, 2.24) is 15.1 Å². The maximum Gasteiger partial charge on any atom is 0.251 e. The van der Waals surface area contributed by atoms with Crippen LogP contribution in [0.4, 0.5) is 5.69 Å². The zero-order valence-corrected chi connectivity index (χ0v) is 14.4. The number of nitrogens with one attached hydrogen (secondary N) is 1. The van der Waals surface area contributed by atoms with Gasteiger partial charge in [0.25, 0.3) is 5.91 Å². The molecule has 1 aromatic carbocycles. The van der Waals surface area contributed by atoms with E-state index in [9.17, 15) is 9.59 Å². The molecular formula is C19H22N4O2. The van der Waals surface area contributed by atoms with Crippen molar-refractivity contribution in [3.63, 3.8) is 0 Å². The van der Waals surface area contributed by atoms with E-state index in [0.717, 1.165) is 24.9 Å². The molecule has 3 rings (SSSR count). The number of likely N-dealkylation sites (N-methyl/N-ethyl adjacent to an activating group) is 1. The molecule has 0 unspecified atom stereocenters.